The molecule has 1 rings (SSSR count). The maximum Gasteiger partial charge on any atom is 0.279 e. The van der Waals surface area contributed by atoms with E-state index in [9.17, 15) is 22.0 Å². The van der Waals surface area contributed by atoms with E-state index in [0.29, 0.717) is 6.07 Å². The Balaban J connectivity index is 3.70. The minimum absolute atomic E-state index is 0.628. The second kappa shape index (κ2) is 3.87. The molecule has 1 aromatic rings. The van der Waals surface area contributed by atoms with E-state index >= 15 is 0 Å². The molecule has 0 amide bonds. The van der Waals surface area contributed by atoms with Crippen molar-refractivity contribution in [3.8, 4) is 0 Å². The lowest BCUT2D eigenvalue weighted by molar-refractivity contribution is 0.142. The molecular formula is C6H5ClF2N2O3S. The van der Waals surface area contributed by atoms with Gasteiger partial charge in [-0.25, -0.2) is 22.3 Å². The van der Waals surface area contributed by atoms with Crippen molar-refractivity contribution in [3.63, 3.8) is 0 Å². The number of halogens is 3. The Morgan fingerprint density at radius 3 is 2.40 bits per heavy atom. The number of nitrogens with one attached hydrogen (secondary N) is 1. The van der Waals surface area contributed by atoms with Crippen LogP contribution in [0.1, 0.15) is 12.1 Å². The van der Waals surface area contributed by atoms with E-state index in [2.05, 4.69) is 5.14 Å². The number of alkyl halides is 2. The first-order valence-corrected chi connectivity index (χ1v) is 5.39. The molecule has 0 aliphatic rings. The number of H-pyrrole nitrogens is 1. The van der Waals surface area contributed by atoms with Crippen LogP contribution in [0.3, 0.4) is 0 Å². The first kappa shape index (κ1) is 12.1. The molecule has 0 atom stereocenters. The third-order valence-corrected chi connectivity index (χ3v) is 2.90. The summed E-state index contributed by atoms with van der Waals surface area (Å²) in [5.41, 5.74) is -2.03. The Bertz CT molecular complexity index is 540. The number of aromatic nitrogens is 1. The van der Waals surface area contributed by atoms with Crippen LogP contribution >= 0.6 is 11.6 Å². The van der Waals surface area contributed by atoms with E-state index in [1.54, 1.807) is 4.98 Å². The van der Waals surface area contributed by atoms with Crippen molar-refractivity contribution in [1.82, 2.24) is 4.98 Å². The Labute approximate surface area is 87.9 Å². The SMILES string of the molecule is NS(=O)(=O)c1c(Cl)cc(=O)[nH]c1C(F)F. The van der Waals surface area contributed by atoms with Gasteiger partial charge in [0.25, 0.3) is 6.43 Å². The van der Waals surface area contributed by atoms with Crippen LogP contribution in [0.25, 0.3) is 0 Å². The van der Waals surface area contributed by atoms with E-state index in [1.165, 1.54) is 0 Å². The normalized spacial score (nSPS) is 12.1. The fourth-order valence-corrected chi connectivity index (χ4v) is 2.28. The van der Waals surface area contributed by atoms with Gasteiger partial charge in [-0.05, 0) is 0 Å². The Kier molecular flexibility index (Phi) is 3.12. The van der Waals surface area contributed by atoms with E-state index < -0.39 is 37.6 Å². The number of sulfonamides is 1. The second-order valence-corrected chi connectivity index (χ2v) is 4.48. The van der Waals surface area contributed by atoms with Crippen molar-refractivity contribution in [1.29, 1.82) is 0 Å². The fraction of sp³-hybridized carbons (Fsp3) is 0.167. The fourth-order valence-electron chi connectivity index (χ4n) is 0.978. The van der Waals surface area contributed by atoms with Crippen molar-refractivity contribution in [3.05, 3.63) is 27.1 Å². The van der Waals surface area contributed by atoms with Crippen LogP contribution in [0.15, 0.2) is 15.8 Å². The summed E-state index contributed by atoms with van der Waals surface area (Å²) in [4.78, 5) is 11.5. The van der Waals surface area contributed by atoms with Crippen molar-refractivity contribution < 1.29 is 17.2 Å². The number of aromatic amines is 1. The highest BCUT2D eigenvalue weighted by Gasteiger charge is 2.25. The molecule has 0 spiro atoms. The van der Waals surface area contributed by atoms with Gasteiger partial charge in [0.1, 0.15) is 10.6 Å². The molecular weight excluding hydrogens is 254 g/mol. The molecule has 1 aromatic heterocycles. The van der Waals surface area contributed by atoms with Gasteiger partial charge in [0.05, 0.1) is 5.02 Å². The van der Waals surface area contributed by atoms with Crippen LogP contribution in [0, 0.1) is 0 Å². The minimum atomic E-state index is -4.41. The number of rotatable bonds is 2. The summed E-state index contributed by atoms with van der Waals surface area (Å²) in [5, 5.41) is 4.05. The van der Waals surface area contributed by atoms with Crippen molar-refractivity contribution in [2.24, 2.45) is 5.14 Å². The molecule has 9 heteroatoms. The van der Waals surface area contributed by atoms with Gasteiger partial charge in [-0.1, -0.05) is 11.6 Å². The molecule has 0 aliphatic carbocycles. The van der Waals surface area contributed by atoms with Crippen LogP contribution in [0.2, 0.25) is 5.02 Å². The summed E-state index contributed by atoms with van der Waals surface area (Å²) in [6.45, 7) is 0. The Morgan fingerprint density at radius 2 is 2.00 bits per heavy atom. The molecule has 0 bridgehead atoms. The lowest BCUT2D eigenvalue weighted by Gasteiger charge is -2.07. The zero-order valence-electron chi connectivity index (χ0n) is 7.00. The van der Waals surface area contributed by atoms with E-state index in [-0.39, 0.29) is 0 Å². The molecule has 0 aliphatic heterocycles. The first-order valence-electron chi connectivity index (χ1n) is 3.47. The Hall–Kier alpha value is -0.990. The number of hydrogen-bond donors (Lipinski definition) is 2. The average Bonchev–Trinajstić information content (AvgIpc) is 1.99. The van der Waals surface area contributed by atoms with Gasteiger partial charge >= 0.3 is 0 Å². The molecule has 15 heavy (non-hydrogen) atoms. The van der Waals surface area contributed by atoms with Gasteiger partial charge in [-0.3, -0.25) is 4.79 Å². The summed E-state index contributed by atoms with van der Waals surface area (Å²) in [7, 11) is -4.41. The van der Waals surface area contributed by atoms with Crippen molar-refractivity contribution in [2.75, 3.05) is 0 Å². The van der Waals surface area contributed by atoms with Gasteiger partial charge in [0.2, 0.25) is 15.6 Å². The zero-order valence-corrected chi connectivity index (χ0v) is 8.57. The maximum absolute atomic E-state index is 12.4. The topological polar surface area (TPSA) is 93.0 Å². The van der Waals surface area contributed by atoms with Crippen molar-refractivity contribution in [2.45, 2.75) is 11.3 Å². The quantitative estimate of drug-likeness (QED) is 0.814. The third-order valence-electron chi connectivity index (χ3n) is 1.48. The molecule has 0 saturated carbocycles. The standard InChI is InChI=1S/C6H5ClF2N2O3S/c7-2-1-3(12)11-4(6(8)9)5(2)15(10,13)14/h1,6H,(H,11,12)(H2,10,13,14). The van der Waals surface area contributed by atoms with Crippen LogP contribution in [-0.4, -0.2) is 13.4 Å². The molecule has 5 nitrogen and oxygen atoms in total. The number of nitrogens with two attached hydrogens (primary N) is 1. The predicted octanol–water partition coefficient (Wildman–Crippen LogP) is 0.613. The molecule has 1 heterocycles. The van der Waals surface area contributed by atoms with Crippen molar-refractivity contribution >= 4 is 21.6 Å². The van der Waals surface area contributed by atoms with Crippen LogP contribution in [-0.2, 0) is 10.0 Å². The van der Waals surface area contributed by atoms with Crippen LogP contribution in [0.4, 0.5) is 8.78 Å². The summed E-state index contributed by atoms with van der Waals surface area (Å²) >= 11 is 5.35. The average molecular weight is 259 g/mol. The van der Waals surface area contributed by atoms with Gasteiger partial charge in [-0.15, -0.1) is 0 Å². The lowest BCUT2D eigenvalue weighted by atomic mass is 10.3. The predicted molar refractivity (Wildman–Crippen MR) is 48.4 cm³/mol. The number of primary sulfonamides is 1. The number of hydrogen-bond acceptors (Lipinski definition) is 3. The molecule has 0 saturated heterocycles. The Morgan fingerprint density at radius 1 is 1.47 bits per heavy atom. The summed E-state index contributed by atoms with van der Waals surface area (Å²) in [5.74, 6) is 0. The molecule has 3 N–H and O–H groups in total. The molecule has 0 unspecified atom stereocenters. The molecule has 0 aromatic carbocycles. The zero-order chi connectivity index (χ0) is 11.8. The summed E-state index contributed by atoms with van der Waals surface area (Å²) in [6.07, 6.45) is -3.19. The monoisotopic (exact) mass is 258 g/mol. The summed E-state index contributed by atoms with van der Waals surface area (Å²) in [6, 6.07) is 0.660. The smallest absolute Gasteiger partial charge is 0.279 e. The van der Waals surface area contributed by atoms with Crippen LogP contribution in [0.5, 0.6) is 0 Å². The highest BCUT2D eigenvalue weighted by atomic mass is 35.5. The van der Waals surface area contributed by atoms with Gasteiger partial charge < -0.3 is 4.98 Å². The highest BCUT2D eigenvalue weighted by molar-refractivity contribution is 7.89. The van der Waals surface area contributed by atoms with Gasteiger partial charge in [0.15, 0.2) is 0 Å². The lowest BCUT2D eigenvalue weighted by Crippen LogP contribution is -2.20. The highest BCUT2D eigenvalue weighted by Crippen LogP contribution is 2.27. The van der Waals surface area contributed by atoms with Crippen LogP contribution < -0.4 is 10.7 Å². The third kappa shape index (κ3) is 2.52. The van der Waals surface area contributed by atoms with Gasteiger partial charge in [0, 0.05) is 6.07 Å². The molecule has 0 fully saturated rings. The number of pyridine rings is 1. The first-order chi connectivity index (χ1) is 6.73. The molecule has 84 valence electrons. The largest absolute Gasteiger partial charge is 0.320 e. The summed E-state index contributed by atoms with van der Waals surface area (Å²) < 4.78 is 46.6. The van der Waals surface area contributed by atoms with E-state index in [1.807, 2.05) is 0 Å². The minimum Gasteiger partial charge on any atom is -0.320 e. The second-order valence-electron chi connectivity index (χ2n) is 2.57. The van der Waals surface area contributed by atoms with E-state index in [4.69, 9.17) is 11.6 Å². The maximum atomic E-state index is 12.4. The molecule has 0 radical (unpaired) electrons. The van der Waals surface area contributed by atoms with Gasteiger partial charge in [-0.2, -0.15) is 0 Å². The van der Waals surface area contributed by atoms with E-state index in [0.717, 1.165) is 0 Å².